The Morgan fingerprint density at radius 1 is 1.32 bits per heavy atom. The first-order valence-corrected chi connectivity index (χ1v) is 6.91. The molecule has 0 radical (unpaired) electrons. The smallest absolute Gasteiger partial charge is 0.255 e. The first kappa shape index (κ1) is 14.3. The lowest BCUT2D eigenvalue weighted by Crippen LogP contribution is -2.12. The summed E-state index contributed by atoms with van der Waals surface area (Å²) in [5, 5.41) is 3.52. The van der Waals surface area contributed by atoms with Gasteiger partial charge in [-0.25, -0.2) is 4.98 Å². The lowest BCUT2D eigenvalue weighted by atomic mass is 10.2. The van der Waals surface area contributed by atoms with E-state index in [0.717, 1.165) is 5.56 Å². The first-order valence-electron chi connectivity index (χ1n) is 5.36. The van der Waals surface area contributed by atoms with Crippen LogP contribution in [0.25, 0.3) is 0 Å². The van der Waals surface area contributed by atoms with Gasteiger partial charge in [0.2, 0.25) is 0 Å². The maximum Gasteiger partial charge on any atom is 0.255 e. The number of nitrogens with zero attached hydrogens (tertiary/aromatic N) is 1. The summed E-state index contributed by atoms with van der Waals surface area (Å²) in [6.45, 7) is 1.87. The number of carbonyl (C=O) groups is 1. The lowest BCUT2D eigenvalue weighted by molar-refractivity contribution is 0.102. The van der Waals surface area contributed by atoms with Gasteiger partial charge in [0.1, 0.15) is 0 Å². The van der Waals surface area contributed by atoms with Crippen molar-refractivity contribution in [3.63, 3.8) is 0 Å². The Morgan fingerprint density at radius 3 is 2.74 bits per heavy atom. The van der Waals surface area contributed by atoms with Gasteiger partial charge in [0.15, 0.2) is 5.15 Å². The van der Waals surface area contributed by atoms with Crippen molar-refractivity contribution in [1.82, 2.24) is 4.98 Å². The van der Waals surface area contributed by atoms with Gasteiger partial charge in [-0.15, -0.1) is 0 Å². The van der Waals surface area contributed by atoms with Crippen LogP contribution in [0.15, 0.2) is 34.9 Å². The number of benzene rings is 1. The van der Waals surface area contributed by atoms with E-state index in [1.165, 1.54) is 0 Å². The monoisotopic (exact) mass is 358 g/mol. The minimum Gasteiger partial charge on any atom is -0.319 e. The first-order chi connectivity index (χ1) is 8.97. The summed E-state index contributed by atoms with van der Waals surface area (Å²) in [5.74, 6) is -0.272. The fourth-order valence-electron chi connectivity index (χ4n) is 1.47. The number of nitrogens with one attached hydrogen (secondary N) is 1. The summed E-state index contributed by atoms with van der Waals surface area (Å²) in [6, 6.07) is 6.70. The van der Waals surface area contributed by atoms with Gasteiger partial charge >= 0.3 is 0 Å². The summed E-state index contributed by atoms with van der Waals surface area (Å²) in [6.07, 6.45) is 1.64. The third kappa shape index (κ3) is 3.47. The number of pyridine rings is 1. The minimum absolute atomic E-state index is 0.256. The van der Waals surface area contributed by atoms with Crippen LogP contribution in [0.1, 0.15) is 15.9 Å². The van der Waals surface area contributed by atoms with Crippen LogP contribution in [0.3, 0.4) is 0 Å². The molecular weight excluding hydrogens is 351 g/mol. The number of anilines is 1. The van der Waals surface area contributed by atoms with Crippen molar-refractivity contribution in [3.8, 4) is 0 Å². The number of aryl methyl sites for hydroxylation is 1. The van der Waals surface area contributed by atoms with E-state index in [0.29, 0.717) is 20.7 Å². The minimum atomic E-state index is -0.272. The number of amides is 1. The molecule has 0 aliphatic carbocycles. The van der Waals surface area contributed by atoms with Gasteiger partial charge in [-0.3, -0.25) is 4.79 Å². The molecule has 0 fully saturated rings. The van der Waals surface area contributed by atoms with Crippen molar-refractivity contribution in [3.05, 3.63) is 56.2 Å². The normalized spacial score (nSPS) is 10.3. The van der Waals surface area contributed by atoms with Gasteiger partial charge in [0, 0.05) is 16.2 Å². The van der Waals surface area contributed by atoms with Gasteiger partial charge in [-0.2, -0.15) is 0 Å². The van der Waals surface area contributed by atoms with E-state index in [4.69, 9.17) is 23.2 Å². The summed E-state index contributed by atoms with van der Waals surface area (Å²) in [7, 11) is 0. The molecule has 3 nitrogen and oxygen atoms in total. The predicted molar refractivity (Wildman–Crippen MR) is 81.1 cm³/mol. The molecule has 19 heavy (non-hydrogen) atoms. The Kier molecular flexibility index (Phi) is 4.45. The van der Waals surface area contributed by atoms with Crippen LogP contribution in [0.4, 0.5) is 5.69 Å². The standard InChI is InChI=1S/C13H9BrCl2N2O/c1-7-4-11(12(16)17-6-7)18-13(19)8-2-3-10(15)9(14)5-8/h2-6H,1H3,(H,18,19). The highest BCUT2D eigenvalue weighted by atomic mass is 79.9. The Balaban J connectivity index is 2.25. The highest BCUT2D eigenvalue weighted by Gasteiger charge is 2.10. The molecule has 1 heterocycles. The highest BCUT2D eigenvalue weighted by molar-refractivity contribution is 9.10. The molecule has 0 saturated carbocycles. The molecule has 1 aromatic carbocycles. The van der Waals surface area contributed by atoms with E-state index < -0.39 is 0 Å². The Morgan fingerprint density at radius 2 is 2.05 bits per heavy atom. The maximum absolute atomic E-state index is 12.1. The van der Waals surface area contributed by atoms with Crippen LogP contribution in [0, 0.1) is 6.92 Å². The average molecular weight is 360 g/mol. The Bertz CT molecular complexity index is 647. The van der Waals surface area contributed by atoms with Crippen LogP contribution in [0.2, 0.25) is 10.2 Å². The second-order valence-corrected chi connectivity index (χ2v) is 5.55. The topological polar surface area (TPSA) is 42.0 Å². The molecule has 0 saturated heterocycles. The number of halogens is 3. The van der Waals surface area contributed by atoms with Gasteiger partial charge in [-0.1, -0.05) is 23.2 Å². The lowest BCUT2D eigenvalue weighted by Gasteiger charge is -2.08. The molecule has 1 N–H and O–H groups in total. The molecule has 0 spiro atoms. The molecule has 2 aromatic rings. The highest BCUT2D eigenvalue weighted by Crippen LogP contribution is 2.25. The summed E-state index contributed by atoms with van der Waals surface area (Å²) < 4.78 is 0.662. The molecule has 0 atom stereocenters. The van der Waals surface area contributed by atoms with E-state index in [1.807, 2.05) is 6.92 Å². The third-order valence-corrected chi connectivity index (χ3v) is 3.92. The molecule has 1 aromatic heterocycles. The van der Waals surface area contributed by atoms with E-state index in [9.17, 15) is 4.79 Å². The summed E-state index contributed by atoms with van der Waals surface area (Å²) in [5.41, 5.74) is 1.88. The molecule has 1 amide bonds. The van der Waals surface area contributed by atoms with E-state index in [1.54, 1.807) is 30.5 Å². The van der Waals surface area contributed by atoms with Crippen LogP contribution in [0.5, 0.6) is 0 Å². The number of hydrogen-bond acceptors (Lipinski definition) is 2. The van der Waals surface area contributed by atoms with Crippen molar-refractivity contribution in [2.75, 3.05) is 5.32 Å². The van der Waals surface area contributed by atoms with Crippen LogP contribution >= 0.6 is 39.1 Å². The summed E-state index contributed by atoms with van der Waals surface area (Å²) in [4.78, 5) is 16.1. The molecule has 0 bridgehead atoms. The van der Waals surface area contributed by atoms with Gasteiger partial charge in [0.05, 0.1) is 10.7 Å². The van der Waals surface area contributed by atoms with Gasteiger partial charge in [-0.05, 0) is 52.7 Å². The molecule has 98 valence electrons. The van der Waals surface area contributed by atoms with Crippen molar-refractivity contribution in [1.29, 1.82) is 0 Å². The molecular formula is C13H9BrCl2N2O. The van der Waals surface area contributed by atoms with Crippen molar-refractivity contribution >= 4 is 50.7 Å². The summed E-state index contributed by atoms with van der Waals surface area (Å²) >= 11 is 15.1. The molecule has 0 aliphatic heterocycles. The van der Waals surface area contributed by atoms with Crippen molar-refractivity contribution < 1.29 is 4.79 Å². The molecule has 6 heteroatoms. The number of carbonyl (C=O) groups excluding carboxylic acids is 1. The molecule has 0 unspecified atom stereocenters. The third-order valence-electron chi connectivity index (χ3n) is 2.41. The second-order valence-electron chi connectivity index (χ2n) is 3.93. The van der Waals surface area contributed by atoms with Crippen molar-refractivity contribution in [2.45, 2.75) is 6.92 Å². The molecule has 2 rings (SSSR count). The zero-order valence-electron chi connectivity index (χ0n) is 9.88. The maximum atomic E-state index is 12.1. The Labute approximate surface area is 129 Å². The van der Waals surface area contributed by atoms with Crippen LogP contribution in [-0.2, 0) is 0 Å². The van der Waals surface area contributed by atoms with Crippen LogP contribution < -0.4 is 5.32 Å². The van der Waals surface area contributed by atoms with Gasteiger partial charge < -0.3 is 5.32 Å². The van der Waals surface area contributed by atoms with Crippen molar-refractivity contribution in [2.24, 2.45) is 0 Å². The van der Waals surface area contributed by atoms with E-state index in [2.05, 4.69) is 26.2 Å². The predicted octanol–water partition coefficient (Wildman–Crippen LogP) is 4.71. The fraction of sp³-hybridized carbons (Fsp3) is 0.0769. The largest absolute Gasteiger partial charge is 0.319 e. The Hall–Kier alpha value is -1.10. The number of hydrogen-bond donors (Lipinski definition) is 1. The van der Waals surface area contributed by atoms with E-state index >= 15 is 0 Å². The van der Waals surface area contributed by atoms with E-state index in [-0.39, 0.29) is 11.1 Å². The quantitative estimate of drug-likeness (QED) is 0.789. The SMILES string of the molecule is Cc1cnc(Cl)c(NC(=O)c2ccc(Cl)c(Br)c2)c1. The zero-order chi connectivity index (χ0) is 14.0. The average Bonchev–Trinajstić information content (AvgIpc) is 2.37. The fourth-order valence-corrected chi connectivity index (χ4v) is 2.12. The number of aromatic nitrogens is 1. The van der Waals surface area contributed by atoms with Gasteiger partial charge in [0.25, 0.3) is 5.91 Å². The zero-order valence-corrected chi connectivity index (χ0v) is 13.0. The van der Waals surface area contributed by atoms with Crippen LogP contribution in [-0.4, -0.2) is 10.9 Å². The second kappa shape index (κ2) is 5.90. The number of rotatable bonds is 2. The molecule has 0 aliphatic rings.